The van der Waals surface area contributed by atoms with E-state index in [0.717, 1.165) is 0 Å². The van der Waals surface area contributed by atoms with Crippen molar-refractivity contribution in [1.82, 2.24) is 0 Å². The molecule has 35 heteroatoms. The molecule has 0 aromatic carbocycles. The number of carbonyl (C=O) groups excluding carboxylic acids is 2. The topological polar surface area (TPSA) is 173 Å². The minimum Gasteiger partial charge on any atom is -0.462 e. The molecular weight excluding hydrogens is 1280 g/mol. The lowest BCUT2D eigenvalue weighted by Crippen LogP contribution is -2.92. The molecule has 0 bridgehead atoms. The molecule has 0 spiro atoms. The third-order valence-electron chi connectivity index (χ3n) is 11.1. The monoisotopic (exact) mass is 1390 g/mol. The van der Waals surface area contributed by atoms with E-state index in [2.05, 4.69) is 196 Å². The van der Waals surface area contributed by atoms with E-state index in [1.165, 1.54) is 0 Å². The average Bonchev–Trinajstić information content (AvgIpc) is 3.14. The van der Waals surface area contributed by atoms with Crippen molar-refractivity contribution in [3.8, 4) is 0 Å². The van der Waals surface area contributed by atoms with Crippen LogP contribution < -0.4 is 0 Å². The van der Waals surface area contributed by atoms with Gasteiger partial charge in [-0.1, -0.05) is 13.2 Å². The largest absolute Gasteiger partial charge is 0.462 e. The van der Waals surface area contributed by atoms with Gasteiger partial charge in [0, 0.05) is 11.1 Å². The summed E-state index contributed by atoms with van der Waals surface area (Å²) in [4.78, 5) is 26.6. The number of ether oxygens (including phenoxy) is 2. The quantitative estimate of drug-likeness (QED) is 0.0246. The average molecular weight is 1400 g/mol. The van der Waals surface area contributed by atoms with Crippen molar-refractivity contribution in [3.63, 3.8) is 0 Å². The molecule has 0 aromatic rings. The van der Waals surface area contributed by atoms with Crippen LogP contribution in [0.4, 0.5) is 0 Å². The SMILES string of the molecule is C=C(C)C(=O)OCCC[Si](O[Si](CCCOC(=O)C(=C)C)([Si](C)(O[SiH2]O[Si](C)(C)C)O[Si](C)(C)C)[Si](C)(O[SiH2]O[Si](C)(C)C)O[Si](C)(C)C)([Si](C)(O[SiH2]O[Si](C)(C)C)O[Si](C)(C)C)[Si](C)(O[SiH2]O[Si](C)(C)C)O[Si](C)(C)C. The lowest BCUT2D eigenvalue weighted by molar-refractivity contribution is -0.139. The maximum atomic E-state index is 13.3. The zero-order valence-corrected chi connectivity index (χ0v) is 74.1. The lowest BCUT2D eigenvalue weighted by atomic mass is 10.4. The van der Waals surface area contributed by atoms with Crippen LogP contribution in [0.2, 0.25) is 195 Å². The summed E-state index contributed by atoms with van der Waals surface area (Å²) in [6.07, 6.45) is 0.730. The van der Waals surface area contributed by atoms with Gasteiger partial charge in [-0.15, -0.1) is 0 Å². The summed E-state index contributed by atoms with van der Waals surface area (Å²) in [6.45, 7) is 72.5. The van der Waals surface area contributed by atoms with Gasteiger partial charge in [0.1, 0.15) is 0 Å². The van der Waals surface area contributed by atoms with Crippen LogP contribution in [0.25, 0.3) is 0 Å². The Morgan fingerprint density at radius 3 is 0.662 bits per heavy atom. The van der Waals surface area contributed by atoms with Gasteiger partial charge in [-0.2, -0.15) is 0 Å². The van der Waals surface area contributed by atoms with Gasteiger partial charge in [0.05, 0.1) is 13.2 Å². The second-order valence-corrected chi connectivity index (χ2v) is 112. The van der Waals surface area contributed by atoms with Crippen LogP contribution in [-0.2, 0) is 72.6 Å². The van der Waals surface area contributed by atoms with Gasteiger partial charge in [0.2, 0.25) is 0 Å². The molecule has 77 heavy (non-hydrogen) atoms. The third kappa shape index (κ3) is 29.2. The highest BCUT2D eigenvalue weighted by Gasteiger charge is 2.82. The minimum absolute atomic E-state index is 0.0663. The zero-order chi connectivity index (χ0) is 61.0. The summed E-state index contributed by atoms with van der Waals surface area (Å²) in [5.74, 6) is -0.952. The Bertz CT molecular complexity index is 1670. The highest BCUT2D eigenvalue weighted by atomic mass is 29.7. The van der Waals surface area contributed by atoms with Gasteiger partial charge in [0.25, 0.3) is 54.7 Å². The van der Waals surface area contributed by atoms with Crippen molar-refractivity contribution in [1.29, 1.82) is 0 Å². The van der Waals surface area contributed by atoms with E-state index in [0.29, 0.717) is 36.1 Å². The summed E-state index contributed by atoms with van der Waals surface area (Å²) >= 11 is 0. The highest BCUT2D eigenvalue weighted by molar-refractivity contribution is 7.70. The van der Waals surface area contributed by atoms with E-state index in [9.17, 15) is 13.7 Å². The van der Waals surface area contributed by atoms with Crippen LogP contribution in [0.5, 0.6) is 0 Å². The van der Waals surface area contributed by atoms with Gasteiger partial charge in [-0.25, -0.2) is 9.59 Å². The standard InChI is InChI=1S/C42H114O17Si18/c1-39(2)41(43)45-35-33-37-76(72(29,55-68(17,18)19)51-60-47-64(5,6)7,73(30,56-69(20,21)22)52-61-48-65(8,9)10)59-77(38-34-36-46-42(44)40(3)4,74(31,57-70(23,24)25)53-62-49-66(11,12)13)75(32,58-71(26,27)28)54-63-50-67(14,15)16/h1,3,33-38,60-63H2,2,4-32H3. The van der Waals surface area contributed by atoms with Crippen LogP contribution in [0, 0.1) is 0 Å². The number of rotatable bonds is 40. The Kier molecular flexibility index (Phi) is 31.1. The van der Waals surface area contributed by atoms with E-state index in [4.69, 9.17) is 58.9 Å². The molecule has 4 unspecified atom stereocenters. The molecule has 456 valence electrons. The molecule has 0 fully saturated rings. The zero-order valence-electron chi connectivity index (χ0n) is 54.4. The van der Waals surface area contributed by atoms with Gasteiger partial charge >= 0.3 is 44.3 Å². The molecule has 0 amide bonds. The fourth-order valence-corrected chi connectivity index (χ4v) is 144. The first-order chi connectivity index (χ1) is 34.0. The van der Waals surface area contributed by atoms with Gasteiger partial charge < -0.3 is 63.0 Å². The Morgan fingerprint density at radius 2 is 0.506 bits per heavy atom. The fraction of sp³-hybridized carbons (Fsp3) is 0.857. The molecule has 0 aliphatic rings. The maximum Gasteiger partial charge on any atom is 0.333 e. The Hall–Kier alpha value is 1.80. The Labute approximate surface area is 493 Å². The van der Waals surface area contributed by atoms with Gasteiger partial charge in [0.15, 0.2) is 66.5 Å². The molecule has 0 saturated heterocycles. The van der Waals surface area contributed by atoms with E-state index in [-0.39, 0.29) is 13.2 Å². The Balaban J connectivity index is 10.6. The normalized spacial score (nSPS) is 19.1. The molecule has 0 rings (SSSR count). The first kappa shape index (κ1) is 78.8. The van der Waals surface area contributed by atoms with Crippen molar-refractivity contribution >= 4 is 166 Å². The van der Waals surface area contributed by atoms with Crippen LogP contribution in [0.15, 0.2) is 24.3 Å². The summed E-state index contributed by atoms with van der Waals surface area (Å²) in [7, 11) is -50.4. The minimum atomic E-state index is -4.20. The molecule has 0 aromatic heterocycles. The van der Waals surface area contributed by atoms with Crippen LogP contribution in [0.1, 0.15) is 26.7 Å². The second kappa shape index (κ2) is 30.4. The third-order valence-corrected chi connectivity index (χ3v) is 114. The summed E-state index contributed by atoms with van der Waals surface area (Å²) in [5, 5.41) is 0. The van der Waals surface area contributed by atoms with E-state index in [1.807, 2.05) is 0 Å². The predicted molar refractivity (Wildman–Crippen MR) is 363 cm³/mol. The van der Waals surface area contributed by atoms with Crippen molar-refractivity contribution in [3.05, 3.63) is 24.3 Å². The number of hydrogen-bond donors (Lipinski definition) is 0. The van der Waals surface area contributed by atoms with Crippen molar-refractivity contribution in [2.45, 2.75) is 222 Å². The number of esters is 2. The number of hydrogen-bond acceptors (Lipinski definition) is 17. The van der Waals surface area contributed by atoms with Crippen LogP contribution >= 0.6 is 0 Å². The second-order valence-electron chi connectivity index (χ2n) is 28.5. The van der Waals surface area contributed by atoms with Crippen LogP contribution in [-0.4, -0.2) is 179 Å². The summed E-state index contributed by atoms with van der Waals surface area (Å²) in [5.41, 5.74) is 0.613. The maximum absolute atomic E-state index is 13.3. The molecule has 0 saturated carbocycles. The van der Waals surface area contributed by atoms with E-state index < -0.39 is 166 Å². The van der Waals surface area contributed by atoms with Crippen molar-refractivity contribution in [2.75, 3.05) is 13.2 Å². The van der Waals surface area contributed by atoms with E-state index >= 15 is 0 Å². The van der Waals surface area contributed by atoms with Crippen molar-refractivity contribution < 1.29 is 72.6 Å². The smallest absolute Gasteiger partial charge is 0.333 e. The van der Waals surface area contributed by atoms with Gasteiger partial charge in [-0.05, 0) is 222 Å². The van der Waals surface area contributed by atoms with E-state index in [1.54, 1.807) is 13.8 Å². The molecular formula is C42H114O17Si18. The van der Waals surface area contributed by atoms with Crippen molar-refractivity contribution in [2.24, 2.45) is 0 Å². The van der Waals surface area contributed by atoms with Crippen LogP contribution in [0.3, 0.4) is 0 Å². The summed E-state index contributed by atoms with van der Waals surface area (Å²) in [6, 6.07) is 0.721. The molecule has 0 aliphatic heterocycles. The predicted octanol–water partition coefficient (Wildman–Crippen LogP) is 9.39. The molecule has 4 atom stereocenters. The first-order valence-electron chi connectivity index (χ1n) is 27.3. The lowest BCUT2D eigenvalue weighted by Gasteiger charge is -2.61. The van der Waals surface area contributed by atoms with Gasteiger partial charge in [-0.3, -0.25) is 0 Å². The molecule has 0 radical (unpaired) electrons. The first-order valence-corrected chi connectivity index (χ1v) is 76.7. The fourth-order valence-electron chi connectivity index (χ4n) is 8.25. The highest BCUT2D eigenvalue weighted by Crippen LogP contribution is 2.49. The molecule has 0 N–H and O–H groups in total. The molecule has 0 aliphatic carbocycles. The number of carbonyl (C=O) groups is 2. The molecule has 17 nitrogen and oxygen atoms in total. The summed E-state index contributed by atoms with van der Waals surface area (Å²) < 4.78 is 112. The Morgan fingerprint density at radius 1 is 0.312 bits per heavy atom. The molecule has 0 heterocycles.